The minimum Gasteiger partial charge on any atom is -0.506 e. The van der Waals surface area contributed by atoms with Crippen molar-refractivity contribution in [2.75, 3.05) is 22.9 Å². The van der Waals surface area contributed by atoms with Crippen molar-refractivity contribution in [2.45, 2.75) is 11.8 Å². The number of nitrogens with zero attached hydrogens (tertiary/aromatic N) is 3. The molecule has 186 valence electrons. The third-order valence-corrected chi connectivity index (χ3v) is 6.34. The summed E-state index contributed by atoms with van der Waals surface area (Å²) in [5, 5.41) is 13.3. The van der Waals surface area contributed by atoms with Gasteiger partial charge in [0.1, 0.15) is 33.8 Å². The van der Waals surface area contributed by atoms with E-state index in [9.17, 15) is 22.3 Å². The summed E-state index contributed by atoms with van der Waals surface area (Å²) in [6, 6.07) is 9.78. The van der Waals surface area contributed by atoms with E-state index >= 15 is 0 Å². The molecule has 0 saturated carbocycles. The zero-order valence-electron chi connectivity index (χ0n) is 19.0. The van der Waals surface area contributed by atoms with Crippen molar-refractivity contribution in [1.29, 1.82) is 0 Å². The highest BCUT2D eigenvalue weighted by atomic mass is 32.2. The Bertz CT molecular complexity index is 1550. The molecule has 0 saturated heterocycles. The highest BCUT2D eigenvalue weighted by Crippen LogP contribution is 2.35. The lowest BCUT2D eigenvalue weighted by molar-refractivity contribution is 0.400. The first-order valence-electron chi connectivity index (χ1n) is 10.3. The van der Waals surface area contributed by atoms with Crippen molar-refractivity contribution in [3.05, 3.63) is 72.1 Å². The van der Waals surface area contributed by atoms with Gasteiger partial charge in [-0.1, -0.05) is 6.07 Å². The van der Waals surface area contributed by atoms with Gasteiger partial charge in [0.2, 0.25) is 11.8 Å². The molecule has 0 atom stereocenters. The molecule has 0 radical (unpaired) electrons. The van der Waals surface area contributed by atoms with Crippen molar-refractivity contribution in [3.63, 3.8) is 0 Å². The standard InChI is InChI=1S/C23H20F2N6O4S/c1-12-7-21(30-23(26)28-12)29-17-8-13(3-5-19(17)32)14-9-18(22(35-2)27-11-14)31-36(33,34)20-6-4-15(24)10-16(20)25/h3-11,31-32H,1-2H3,(H3,26,28,29,30). The van der Waals surface area contributed by atoms with Crippen LogP contribution in [-0.2, 0) is 10.0 Å². The van der Waals surface area contributed by atoms with E-state index in [-0.39, 0.29) is 29.0 Å². The van der Waals surface area contributed by atoms with Gasteiger partial charge < -0.3 is 20.9 Å². The molecule has 2 heterocycles. The predicted molar refractivity (Wildman–Crippen MR) is 130 cm³/mol. The Labute approximate surface area is 204 Å². The fourth-order valence-corrected chi connectivity index (χ4v) is 4.46. The summed E-state index contributed by atoms with van der Waals surface area (Å²) in [4.78, 5) is 11.5. The Morgan fingerprint density at radius 2 is 1.75 bits per heavy atom. The SMILES string of the molecule is COc1ncc(-c2ccc(O)c(Nc3cc(C)nc(N)n3)c2)cc1NS(=O)(=O)c1ccc(F)cc1F. The fourth-order valence-electron chi connectivity index (χ4n) is 3.35. The summed E-state index contributed by atoms with van der Waals surface area (Å²) in [5.41, 5.74) is 7.49. The molecule has 0 unspecified atom stereocenters. The van der Waals surface area contributed by atoms with Gasteiger partial charge in [-0.2, -0.15) is 4.98 Å². The summed E-state index contributed by atoms with van der Waals surface area (Å²) < 4.78 is 60.3. The average Bonchev–Trinajstić information content (AvgIpc) is 2.79. The molecule has 13 heteroatoms. The number of sulfonamides is 1. The molecular formula is C23H20F2N6O4S. The maximum absolute atomic E-state index is 14.1. The minimum absolute atomic E-state index is 0.0574. The van der Waals surface area contributed by atoms with Gasteiger partial charge in [-0.3, -0.25) is 4.72 Å². The first-order valence-corrected chi connectivity index (χ1v) is 11.8. The van der Waals surface area contributed by atoms with E-state index in [0.717, 1.165) is 12.1 Å². The van der Waals surface area contributed by atoms with Gasteiger partial charge in [0.25, 0.3) is 10.0 Å². The van der Waals surface area contributed by atoms with Crippen LogP contribution in [0.25, 0.3) is 11.1 Å². The molecule has 36 heavy (non-hydrogen) atoms. The maximum Gasteiger partial charge on any atom is 0.264 e. The van der Waals surface area contributed by atoms with E-state index in [1.165, 1.54) is 25.4 Å². The molecule has 2 aromatic heterocycles. The summed E-state index contributed by atoms with van der Waals surface area (Å²) in [6.07, 6.45) is 1.43. The number of halogens is 2. The molecule has 5 N–H and O–H groups in total. The van der Waals surface area contributed by atoms with Crippen LogP contribution in [0.3, 0.4) is 0 Å². The average molecular weight is 515 g/mol. The van der Waals surface area contributed by atoms with Crippen LogP contribution in [0.5, 0.6) is 11.6 Å². The quantitative estimate of drug-likeness (QED) is 0.268. The summed E-state index contributed by atoms with van der Waals surface area (Å²) in [6.45, 7) is 1.74. The second-order valence-electron chi connectivity index (χ2n) is 7.57. The smallest absolute Gasteiger partial charge is 0.264 e. The number of phenols is 1. The van der Waals surface area contributed by atoms with Crippen molar-refractivity contribution < 1.29 is 27.0 Å². The van der Waals surface area contributed by atoms with Crippen LogP contribution >= 0.6 is 0 Å². The van der Waals surface area contributed by atoms with Gasteiger partial charge >= 0.3 is 0 Å². The van der Waals surface area contributed by atoms with Gasteiger partial charge in [0.15, 0.2) is 0 Å². The number of aromatic hydroxyl groups is 1. The molecular weight excluding hydrogens is 494 g/mol. The molecule has 10 nitrogen and oxygen atoms in total. The molecule has 4 aromatic rings. The van der Waals surface area contributed by atoms with E-state index in [2.05, 4.69) is 25.0 Å². The number of nitrogens with one attached hydrogen (secondary N) is 2. The van der Waals surface area contributed by atoms with E-state index in [1.807, 2.05) is 0 Å². The number of nitrogen functional groups attached to an aromatic ring is 1. The lowest BCUT2D eigenvalue weighted by atomic mass is 10.1. The van der Waals surface area contributed by atoms with Gasteiger partial charge in [-0.05, 0) is 42.8 Å². The molecule has 0 bridgehead atoms. The highest BCUT2D eigenvalue weighted by Gasteiger charge is 2.22. The number of hydrogen-bond acceptors (Lipinski definition) is 9. The third-order valence-electron chi connectivity index (χ3n) is 4.94. The van der Waals surface area contributed by atoms with Crippen LogP contribution in [0.15, 0.2) is 59.6 Å². The first-order chi connectivity index (χ1) is 17.1. The third kappa shape index (κ3) is 5.25. The Hall–Kier alpha value is -4.52. The predicted octanol–water partition coefficient (Wildman–Crippen LogP) is 3.97. The number of anilines is 4. The zero-order chi connectivity index (χ0) is 26.0. The Morgan fingerprint density at radius 3 is 2.44 bits per heavy atom. The number of benzene rings is 2. The zero-order valence-corrected chi connectivity index (χ0v) is 19.8. The molecule has 0 aliphatic heterocycles. The molecule has 0 fully saturated rings. The number of methoxy groups -OCH3 is 1. The van der Waals surface area contributed by atoms with E-state index < -0.39 is 26.6 Å². The Morgan fingerprint density at radius 1 is 1.00 bits per heavy atom. The summed E-state index contributed by atoms with van der Waals surface area (Å²) >= 11 is 0. The lowest BCUT2D eigenvalue weighted by Crippen LogP contribution is -2.15. The van der Waals surface area contributed by atoms with E-state index in [4.69, 9.17) is 10.5 Å². The summed E-state index contributed by atoms with van der Waals surface area (Å²) in [7, 11) is -3.16. The van der Waals surface area contributed by atoms with Crippen molar-refractivity contribution in [3.8, 4) is 22.8 Å². The van der Waals surface area contributed by atoms with Gasteiger partial charge in [0.05, 0.1) is 12.8 Å². The number of hydrogen-bond donors (Lipinski definition) is 4. The number of aryl methyl sites for hydroxylation is 1. The topological polar surface area (TPSA) is 152 Å². The number of aromatic nitrogens is 3. The largest absolute Gasteiger partial charge is 0.506 e. The van der Waals surface area contributed by atoms with Crippen molar-refractivity contribution in [2.24, 2.45) is 0 Å². The first kappa shape index (κ1) is 24.6. The second kappa shape index (κ2) is 9.62. The monoisotopic (exact) mass is 514 g/mol. The number of nitrogens with two attached hydrogens (primary N) is 1. The maximum atomic E-state index is 14.1. The van der Waals surface area contributed by atoms with Crippen LogP contribution in [-0.4, -0.2) is 35.6 Å². The number of ether oxygens (including phenoxy) is 1. The van der Waals surface area contributed by atoms with Crippen LogP contribution < -0.4 is 20.5 Å². The number of rotatable bonds is 7. The molecule has 4 rings (SSSR count). The van der Waals surface area contributed by atoms with Gasteiger partial charge in [0, 0.05) is 29.6 Å². The Kier molecular flexibility index (Phi) is 6.57. The van der Waals surface area contributed by atoms with Crippen molar-refractivity contribution >= 4 is 33.2 Å². The molecule has 0 aliphatic rings. The van der Waals surface area contributed by atoms with Crippen LogP contribution in [0.4, 0.5) is 31.9 Å². The normalized spacial score (nSPS) is 11.2. The van der Waals surface area contributed by atoms with Crippen LogP contribution in [0, 0.1) is 18.6 Å². The number of phenolic OH excluding ortho intramolecular Hbond substituents is 1. The highest BCUT2D eigenvalue weighted by molar-refractivity contribution is 7.92. The van der Waals surface area contributed by atoms with Gasteiger partial charge in [-0.25, -0.2) is 27.2 Å². The molecule has 0 spiro atoms. The second-order valence-corrected chi connectivity index (χ2v) is 9.22. The van der Waals surface area contributed by atoms with Crippen LogP contribution in [0.1, 0.15) is 5.69 Å². The minimum atomic E-state index is -4.45. The molecule has 0 aliphatic carbocycles. The lowest BCUT2D eigenvalue weighted by Gasteiger charge is -2.14. The van der Waals surface area contributed by atoms with E-state index in [0.29, 0.717) is 28.7 Å². The fraction of sp³-hybridized carbons (Fsp3) is 0.0870. The number of pyridine rings is 1. The van der Waals surface area contributed by atoms with Crippen molar-refractivity contribution in [1.82, 2.24) is 15.0 Å². The van der Waals surface area contributed by atoms with Gasteiger partial charge in [-0.15, -0.1) is 0 Å². The van der Waals surface area contributed by atoms with Crippen LogP contribution in [0.2, 0.25) is 0 Å². The molecule has 2 aromatic carbocycles. The molecule has 0 amide bonds. The Balaban J connectivity index is 1.70. The summed E-state index contributed by atoms with van der Waals surface area (Å²) in [5.74, 6) is -1.90. The van der Waals surface area contributed by atoms with E-state index in [1.54, 1.807) is 25.1 Å².